The summed E-state index contributed by atoms with van der Waals surface area (Å²) >= 11 is 0. The molecule has 0 atom stereocenters. The van der Waals surface area contributed by atoms with E-state index < -0.39 is 0 Å². The Hall–Kier alpha value is -3.31. The van der Waals surface area contributed by atoms with Crippen molar-refractivity contribution in [2.45, 2.75) is 13.5 Å². The van der Waals surface area contributed by atoms with Crippen LogP contribution in [0.5, 0.6) is 5.75 Å². The molecule has 5 heteroatoms. The first kappa shape index (κ1) is 18.7. The molecule has 5 rings (SSSR count). The lowest BCUT2D eigenvalue weighted by molar-refractivity contribution is 0.121. The third-order valence-electron chi connectivity index (χ3n) is 5.61. The van der Waals surface area contributed by atoms with Crippen LogP contribution < -0.4 is 15.1 Å². The second kappa shape index (κ2) is 7.84. The van der Waals surface area contributed by atoms with Crippen LogP contribution in [0.25, 0.3) is 21.7 Å². The number of fused-ring (bicyclic) bond motifs is 2. The maximum absolute atomic E-state index is 12.7. The number of hydrogen-bond donors (Lipinski definition) is 0. The zero-order valence-electron chi connectivity index (χ0n) is 16.9. The maximum Gasteiger partial charge on any atom is 0.200 e. The van der Waals surface area contributed by atoms with Gasteiger partial charge in [0.1, 0.15) is 17.9 Å². The van der Waals surface area contributed by atoms with E-state index in [-0.39, 0.29) is 5.43 Å². The highest BCUT2D eigenvalue weighted by Crippen LogP contribution is 2.29. The highest BCUT2D eigenvalue weighted by molar-refractivity contribution is 5.84. The molecule has 0 amide bonds. The molecule has 1 aliphatic heterocycles. The number of ether oxygens (including phenoxy) is 2. The van der Waals surface area contributed by atoms with Crippen LogP contribution in [0.4, 0.5) is 5.88 Å². The molecule has 0 saturated carbocycles. The number of nitrogens with zero attached hydrogens (tertiary/aromatic N) is 1. The Labute approximate surface area is 174 Å². The number of benzene rings is 3. The Balaban J connectivity index is 1.45. The van der Waals surface area contributed by atoms with Crippen molar-refractivity contribution in [3.05, 3.63) is 82.0 Å². The zero-order valence-corrected chi connectivity index (χ0v) is 16.9. The van der Waals surface area contributed by atoms with Crippen LogP contribution in [0.2, 0.25) is 0 Å². The van der Waals surface area contributed by atoms with E-state index in [1.54, 1.807) is 12.1 Å². The molecule has 0 aliphatic carbocycles. The van der Waals surface area contributed by atoms with E-state index in [0.717, 1.165) is 16.9 Å². The van der Waals surface area contributed by atoms with Crippen molar-refractivity contribution in [3.8, 4) is 5.75 Å². The molecule has 152 valence electrons. The second-order valence-corrected chi connectivity index (χ2v) is 7.58. The average molecular weight is 401 g/mol. The fourth-order valence-corrected chi connectivity index (χ4v) is 3.91. The third-order valence-corrected chi connectivity index (χ3v) is 5.61. The smallest absolute Gasteiger partial charge is 0.200 e. The molecule has 30 heavy (non-hydrogen) atoms. The second-order valence-electron chi connectivity index (χ2n) is 7.58. The molecule has 0 radical (unpaired) electrons. The summed E-state index contributed by atoms with van der Waals surface area (Å²) in [5, 5.41) is 2.97. The monoisotopic (exact) mass is 401 g/mol. The first-order valence-corrected chi connectivity index (χ1v) is 10.2. The van der Waals surface area contributed by atoms with E-state index in [4.69, 9.17) is 13.9 Å². The molecule has 4 aromatic rings. The first-order chi connectivity index (χ1) is 14.7. The maximum atomic E-state index is 12.7. The molecule has 3 aromatic carbocycles. The van der Waals surface area contributed by atoms with Gasteiger partial charge in [-0.05, 0) is 41.5 Å². The number of aryl methyl sites for hydroxylation is 1. The van der Waals surface area contributed by atoms with Gasteiger partial charge in [0.2, 0.25) is 0 Å². The summed E-state index contributed by atoms with van der Waals surface area (Å²) in [5.41, 5.74) is 2.47. The van der Waals surface area contributed by atoms with Gasteiger partial charge < -0.3 is 18.8 Å². The van der Waals surface area contributed by atoms with Gasteiger partial charge in [0.15, 0.2) is 11.3 Å². The highest BCUT2D eigenvalue weighted by atomic mass is 16.5. The standard InChI is InChI=1S/C25H23NO4/c1-17-23(29-16-18-6-7-19-4-2-3-5-20(19)14-18)9-8-21-22(27)15-24(30-25(17)21)26-10-12-28-13-11-26/h2-9,14-15H,10-13,16H2,1H3. The number of anilines is 1. The molecule has 1 aliphatic rings. The quantitative estimate of drug-likeness (QED) is 0.497. The Bertz CT molecular complexity index is 1270. The van der Waals surface area contributed by atoms with E-state index in [1.807, 2.05) is 30.0 Å². The van der Waals surface area contributed by atoms with Crippen LogP contribution in [0.1, 0.15) is 11.1 Å². The summed E-state index contributed by atoms with van der Waals surface area (Å²) < 4.78 is 17.7. The summed E-state index contributed by atoms with van der Waals surface area (Å²) in [7, 11) is 0. The number of rotatable bonds is 4. The van der Waals surface area contributed by atoms with Crippen LogP contribution >= 0.6 is 0 Å². The van der Waals surface area contributed by atoms with Crippen molar-refractivity contribution < 1.29 is 13.9 Å². The van der Waals surface area contributed by atoms with E-state index in [2.05, 4.69) is 30.3 Å². The van der Waals surface area contributed by atoms with Crippen molar-refractivity contribution in [2.24, 2.45) is 0 Å². The molecule has 1 aromatic heterocycles. The van der Waals surface area contributed by atoms with E-state index in [1.165, 1.54) is 10.8 Å². The lowest BCUT2D eigenvalue weighted by Crippen LogP contribution is -2.36. The normalized spacial score (nSPS) is 14.4. The average Bonchev–Trinajstić information content (AvgIpc) is 2.79. The van der Waals surface area contributed by atoms with Gasteiger partial charge in [0.25, 0.3) is 0 Å². The predicted octanol–water partition coefficient (Wildman–Crippen LogP) is 4.67. The molecule has 0 bridgehead atoms. The van der Waals surface area contributed by atoms with Gasteiger partial charge >= 0.3 is 0 Å². The molecular weight excluding hydrogens is 378 g/mol. The lowest BCUT2D eigenvalue weighted by Gasteiger charge is -2.27. The minimum Gasteiger partial charge on any atom is -0.488 e. The van der Waals surface area contributed by atoms with Gasteiger partial charge in [-0.3, -0.25) is 4.79 Å². The van der Waals surface area contributed by atoms with Crippen molar-refractivity contribution in [1.29, 1.82) is 0 Å². The van der Waals surface area contributed by atoms with E-state index >= 15 is 0 Å². The minimum atomic E-state index is -0.0399. The minimum absolute atomic E-state index is 0.0399. The molecule has 1 fully saturated rings. The molecular formula is C25H23NO4. The Morgan fingerprint density at radius 1 is 0.967 bits per heavy atom. The Morgan fingerprint density at radius 2 is 1.77 bits per heavy atom. The van der Waals surface area contributed by atoms with Gasteiger partial charge in [-0.25, -0.2) is 0 Å². The fourth-order valence-electron chi connectivity index (χ4n) is 3.91. The molecule has 0 N–H and O–H groups in total. The van der Waals surface area contributed by atoms with Crippen LogP contribution in [0.3, 0.4) is 0 Å². The van der Waals surface area contributed by atoms with Crippen LogP contribution in [-0.4, -0.2) is 26.3 Å². The molecule has 0 unspecified atom stereocenters. The van der Waals surface area contributed by atoms with Crippen molar-refractivity contribution in [2.75, 3.05) is 31.2 Å². The third kappa shape index (κ3) is 3.53. The number of morpholine rings is 1. The van der Waals surface area contributed by atoms with Crippen molar-refractivity contribution in [1.82, 2.24) is 0 Å². The zero-order chi connectivity index (χ0) is 20.5. The predicted molar refractivity (Wildman–Crippen MR) is 119 cm³/mol. The molecule has 0 spiro atoms. The lowest BCUT2D eigenvalue weighted by atomic mass is 10.1. The van der Waals surface area contributed by atoms with Crippen LogP contribution in [0.15, 0.2) is 69.9 Å². The van der Waals surface area contributed by atoms with Gasteiger partial charge in [0.05, 0.1) is 18.6 Å². The van der Waals surface area contributed by atoms with Crippen LogP contribution in [0, 0.1) is 6.92 Å². The summed E-state index contributed by atoms with van der Waals surface area (Å²) in [6.45, 7) is 5.08. The highest BCUT2D eigenvalue weighted by Gasteiger charge is 2.17. The van der Waals surface area contributed by atoms with Gasteiger partial charge in [-0.1, -0.05) is 36.4 Å². The fraction of sp³-hybridized carbons (Fsp3) is 0.240. The Morgan fingerprint density at radius 3 is 2.60 bits per heavy atom. The van der Waals surface area contributed by atoms with Gasteiger partial charge in [-0.15, -0.1) is 0 Å². The van der Waals surface area contributed by atoms with E-state index in [0.29, 0.717) is 49.8 Å². The van der Waals surface area contributed by atoms with Gasteiger partial charge in [0, 0.05) is 24.7 Å². The largest absolute Gasteiger partial charge is 0.488 e. The summed E-state index contributed by atoms with van der Waals surface area (Å²) in [6.07, 6.45) is 0. The van der Waals surface area contributed by atoms with Gasteiger partial charge in [-0.2, -0.15) is 0 Å². The van der Waals surface area contributed by atoms with Crippen molar-refractivity contribution in [3.63, 3.8) is 0 Å². The first-order valence-electron chi connectivity index (χ1n) is 10.2. The molecule has 1 saturated heterocycles. The van der Waals surface area contributed by atoms with Crippen LogP contribution in [-0.2, 0) is 11.3 Å². The van der Waals surface area contributed by atoms with E-state index in [9.17, 15) is 4.79 Å². The van der Waals surface area contributed by atoms with Crippen molar-refractivity contribution >= 4 is 27.6 Å². The summed E-state index contributed by atoms with van der Waals surface area (Å²) in [4.78, 5) is 14.7. The molecule has 5 nitrogen and oxygen atoms in total. The SMILES string of the molecule is Cc1c(OCc2ccc3ccccc3c2)ccc2c(=O)cc(N3CCOCC3)oc12. The molecule has 2 heterocycles. The topological polar surface area (TPSA) is 51.9 Å². The summed E-state index contributed by atoms with van der Waals surface area (Å²) in [5.74, 6) is 1.31. The number of hydrogen-bond acceptors (Lipinski definition) is 5. The Kier molecular flexibility index (Phi) is 4.89. The summed E-state index contributed by atoms with van der Waals surface area (Å²) in [6, 6.07) is 19.8.